The Bertz CT molecular complexity index is 758. The van der Waals surface area contributed by atoms with Gasteiger partial charge in [-0.1, -0.05) is 25.5 Å². The molecule has 1 aromatic carbocycles. The van der Waals surface area contributed by atoms with Gasteiger partial charge in [0, 0.05) is 24.6 Å². The molecular formula is C22H30N2O5. The minimum absolute atomic E-state index is 0.0503. The monoisotopic (exact) mass is 402 g/mol. The van der Waals surface area contributed by atoms with Crippen molar-refractivity contribution < 1.29 is 23.8 Å². The molecule has 0 atom stereocenters. The van der Waals surface area contributed by atoms with Crippen LogP contribution in [0.2, 0.25) is 0 Å². The second kappa shape index (κ2) is 9.67. The maximum absolute atomic E-state index is 13.0. The molecule has 0 saturated heterocycles. The Hall–Kier alpha value is -2.70. The molecule has 7 nitrogen and oxygen atoms in total. The molecule has 0 N–H and O–H groups in total. The zero-order chi connectivity index (χ0) is 20.8. The smallest absolute Gasteiger partial charge is 0.414 e. The van der Waals surface area contributed by atoms with E-state index in [0.29, 0.717) is 30.3 Å². The van der Waals surface area contributed by atoms with Crippen molar-refractivity contribution in [3.05, 3.63) is 30.4 Å². The molecule has 0 unspecified atom stereocenters. The lowest BCUT2D eigenvalue weighted by molar-refractivity contribution is -0.134. The van der Waals surface area contributed by atoms with Crippen molar-refractivity contribution in [1.82, 2.24) is 4.90 Å². The summed E-state index contributed by atoms with van der Waals surface area (Å²) in [5.41, 5.74) is 1.46. The molecule has 1 heterocycles. The lowest BCUT2D eigenvalue weighted by atomic mass is 10.0. The number of amides is 2. The first-order chi connectivity index (χ1) is 14.1. The van der Waals surface area contributed by atoms with E-state index in [4.69, 9.17) is 14.2 Å². The summed E-state index contributed by atoms with van der Waals surface area (Å²) in [6.07, 6.45) is 5.75. The maximum atomic E-state index is 13.0. The number of carbonyl (C=O) groups excluding carboxylic acids is 2. The highest BCUT2D eigenvalue weighted by Crippen LogP contribution is 2.41. The molecular weight excluding hydrogens is 372 g/mol. The predicted molar refractivity (Wildman–Crippen MR) is 110 cm³/mol. The quantitative estimate of drug-likeness (QED) is 0.675. The molecule has 158 valence electrons. The van der Waals surface area contributed by atoms with Gasteiger partial charge in [-0.3, -0.25) is 9.69 Å². The van der Waals surface area contributed by atoms with Gasteiger partial charge in [-0.15, -0.1) is 0 Å². The first kappa shape index (κ1) is 21.0. The molecule has 0 aromatic heterocycles. The Morgan fingerprint density at radius 2 is 2.07 bits per heavy atom. The van der Waals surface area contributed by atoms with E-state index in [-0.39, 0.29) is 31.5 Å². The normalized spacial score (nSPS) is 17.4. The number of ether oxygens (including phenoxy) is 3. The van der Waals surface area contributed by atoms with E-state index >= 15 is 0 Å². The van der Waals surface area contributed by atoms with Crippen molar-refractivity contribution in [2.45, 2.75) is 51.6 Å². The van der Waals surface area contributed by atoms with Gasteiger partial charge in [0.2, 0.25) is 5.91 Å². The van der Waals surface area contributed by atoms with Crippen LogP contribution in [-0.4, -0.2) is 49.8 Å². The molecule has 1 aromatic rings. The molecule has 29 heavy (non-hydrogen) atoms. The second-order valence-electron chi connectivity index (χ2n) is 7.25. The number of carbonyl (C=O) groups is 2. The average molecular weight is 402 g/mol. The van der Waals surface area contributed by atoms with Gasteiger partial charge < -0.3 is 19.1 Å². The van der Waals surface area contributed by atoms with Crippen LogP contribution in [0.3, 0.4) is 0 Å². The van der Waals surface area contributed by atoms with Crippen molar-refractivity contribution in [3.63, 3.8) is 0 Å². The van der Waals surface area contributed by atoms with Gasteiger partial charge in [-0.25, -0.2) is 4.79 Å². The summed E-state index contributed by atoms with van der Waals surface area (Å²) in [5, 5.41) is 0. The van der Waals surface area contributed by atoms with Crippen molar-refractivity contribution >= 4 is 17.7 Å². The number of hydrogen-bond acceptors (Lipinski definition) is 5. The Morgan fingerprint density at radius 3 is 2.72 bits per heavy atom. The Kier molecular flexibility index (Phi) is 7.01. The molecule has 3 rings (SSSR count). The van der Waals surface area contributed by atoms with E-state index in [0.717, 1.165) is 31.2 Å². The van der Waals surface area contributed by atoms with Crippen LogP contribution in [0.15, 0.2) is 24.8 Å². The summed E-state index contributed by atoms with van der Waals surface area (Å²) >= 11 is 0. The standard InChI is InChI=1S/C22H30N2O5/c1-4-14-29-21-17-15-24(16-8-6-7-9-16)20(25)12-13-23(22(26)28-5-2)18(17)10-11-19(21)27-3/h4,10-11,16H,1,5-9,12-15H2,2-3H3. The molecule has 0 radical (unpaired) electrons. The number of hydrogen-bond donors (Lipinski definition) is 0. The van der Waals surface area contributed by atoms with Gasteiger partial charge in [0.25, 0.3) is 0 Å². The van der Waals surface area contributed by atoms with Gasteiger partial charge in [-0.05, 0) is 31.9 Å². The van der Waals surface area contributed by atoms with Gasteiger partial charge in [0.1, 0.15) is 6.61 Å². The van der Waals surface area contributed by atoms with Crippen LogP contribution in [-0.2, 0) is 16.1 Å². The fraction of sp³-hybridized carbons (Fsp3) is 0.545. The molecule has 1 fully saturated rings. The average Bonchev–Trinajstić information content (AvgIpc) is 3.24. The SMILES string of the molecule is C=CCOc1c(OC)ccc2c1CN(C1CCCC1)C(=O)CCN2C(=O)OCC. The van der Waals surface area contributed by atoms with E-state index in [1.54, 1.807) is 26.2 Å². The third-order valence-corrected chi connectivity index (χ3v) is 5.51. The number of anilines is 1. The zero-order valence-electron chi connectivity index (χ0n) is 17.3. The highest BCUT2D eigenvalue weighted by Gasteiger charge is 2.34. The van der Waals surface area contributed by atoms with E-state index in [1.165, 1.54) is 4.90 Å². The Labute approximate surface area is 172 Å². The number of rotatable bonds is 6. The van der Waals surface area contributed by atoms with Gasteiger partial charge >= 0.3 is 6.09 Å². The fourth-order valence-electron chi connectivity index (χ4n) is 4.13. The molecule has 7 heteroatoms. The number of nitrogens with zero attached hydrogens (tertiary/aromatic N) is 2. The Balaban J connectivity index is 2.10. The van der Waals surface area contributed by atoms with Crippen LogP contribution in [0.5, 0.6) is 11.5 Å². The van der Waals surface area contributed by atoms with Crippen molar-refractivity contribution in [3.8, 4) is 11.5 Å². The molecule has 1 aliphatic carbocycles. The molecule has 2 aliphatic rings. The molecule has 0 spiro atoms. The lowest BCUT2D eigenvalue weighted by Gasteiger charge is -2.35. The fourth-order valence-corrected chi connectivity index (χ4v) is 4.13. The van der Waals surface area contributed by atoms with Crippen molar-refractivity contribution in [1.29, 1.82) is 0 Å². The summed E-state index contributed by atoms with van der Waals surface area (Å²) in [5.74, 6) is 1.15. The summed E-state index contributed by atoms with van der Waals surface area (Å²) in [4.78, 5) is 29.2. The third kappa shape index (κ3) is 4.49. The predicted octanol–water partition coefficient (Wildman–Crippen LogP) is 3.90. The van der Waals surface area contributed by atoms with Crippen LogP contribution in [0.25, 0.3) is 0 Å². The van der Waals surface area contributed by atoms with Crippen LogP contribution >= 0.6 is 0 Å². The summed E-state index contributed by atoms with van der Waals surface area (Å²) in [6.45, 7) is 6.69. The third-order valence-electron chi connectivity index (χ3n) is 5.51. The van der Waals surface area contributed by atoms with Crippen molar-refractivity contribution in [2.75, 3.05) is 31.8 Å². The minimum atomic E-state index is -0.462. The van der Waals surface area contributed by atoms with Gasteiger partial charge in [-0.2, -0.15) is 0 Å². The zero-order valence-corrected chi connectivity index (χ0v) is 17.3. The topological polar surface area (TPSA) is 68.3 Å². The molecule has 1 aliphatic heterocycles. The number of fused-ring (bicyclic) bond motifs is 1. The number of benzene rings is 1. The van der Waals surface area contributed by atoms with E-state index < -0.39 is 6.09 Å². The summed E-state index contributed by atoms with van der Waals surface area (Å²) < 4.78 is 16.7. The molecule has 0 bridgehead atoms. The molecule has 2 amide bonds. The highest BCUT2D eigenvalue weighted by molar-refractivity contribution is 5.91. The first-order valence-corrected chi connectivity index (χ1v) is 10.3. The Morgan fingerprint density at radius 1 is 1.31 bits per heavy atom. The summed E-state index contributed by atoms with van der Waals surface area (Å²) in [6, 6.07) is 3.85. The molecule has 1 saturated carbocycles. The van der Waals surface area contributed by atoms with Crippen LogP contribution in [0.1, 0.15) is 44.6 Å². The second-order valence-corrected chi connectivity index (χ2v) is 7.25. The van der Waals surface area contributed by atoms with E-state index in [2.05, 4.69) is 6.58 Å². The van der Waals surface area contributed by atoms with E-state index in [9.17, 15) is 9.59 Å². The van der Waals surface area contributed by atoms with Crippen LogP contribution in [0, 0.1) is 0 Å². The number of methoxy groups -OCH3 is 1. The lowest BCUT2D eigenvalue weighted by Crippen LogP contribution is -2.44. The van der Waals surface area contributed by atoms with Gasteiger partial charge in [0.15, 0.2) is 11.5 Å². The largest absolute Gasteiger partial charge is 0.493 e. The van der Waals surface area contributed by atoms with Crippen LogP contribution in [0.4, 0.5) is 10.5 Å². The van der Waals surface area contributed by atoms with Crippen LogP contribution < -0.4 is 14.4 Å². The highest BCUT2D eigenvalue weighted by atomic mass is 16.6. The summed E-state index contributed by atoms with van der Waals surface area (Å²) in [7, 11) is 1.58. The minimum Gasteiger partial charge on any atom is -0.493 e. The maximum Gasteiger partial charge on any atom is 0.414 e. The first-order valence-electron chi connectivity index (χ1n) is 10.3. The van der Waals surface area contributed by atoms with E-state index in [1.807, 2.05) is 11.0 Å². The van der Waals surface area contributed by atoms with Gasteiger partial charge in [0.05, 0.1) is 25.9 Å². The van der Waals surface area contributed by atoms with Crippen molar-refractivity contribution in [2.24, 2.45) is 0 Å².